The fraction of sp³-hybridized carbons (Fsp3) is 0.211. The second-order valence-corrected chi connectivity index (χ2v) is 5.63. The van der Waals surface area contributed by atoms with Crippen molar-refractivity contribution in [1.82, 2.24) is 4.98 Å². The molecule has 2 nitrogen and oxygen atoms in total. The smallest absolute Gasteiger partial charge is 0.0488 e. The molecule has 0 radical (unpaired) electrons. The van der Waals surface area contributed by atoms with Gasteiger partial charge in [-0.2, -0.15) is 0 Å². The van der Waals surface area contributed by atoms with Crippen LogP contribution in [0.5, 0.6) is 0 Å². The SMILES string of the molecule is Cc1ccc(C(C)Nc2cccc3cnccc23)c(C)c1. The molecule has 0 aliphatic heterocycles. The molecule has 0 fully saturated rings. The van der Waals surface area contributed by atoms with Crippen molar-refractivity contribution in [2.75, 3.05) is 5.32 Å². The topological polar surface area (TPSA) is 24.9 Å². The molecule has 3 rings (SSSR count). The number of nitrogens with one attached hydrogen (secondary N) is 1. The van der Waals surface area contributed by atoms with Gasteiger partial charge in [0.1, 0.15) is 0 Å². The van der Waals surface area contributed by atoms with E-state index in [0.717, 1.165) is 11.1 Å². The van der Waals surface area contributed by atoms with Gasteiger partial charge in [-0.15, -0.1) is 0 Å². The molecule has 0 aliphatic carbocycles. The van der Waals surface area contributed by atoms with Gasteiger partial charge in [-0.3, -0.25) is 4.98 Å². The van der Waals surface area contributed by atoms with Crippen LogP contribution in [0.25, 0.3) is 10.8 Å². The Bertz CT molecular complexity index is 772. The van der Waals surface area contributed by atoms with Crippen LogP contribution in [0.3, 0.4) is 0 Å². The lowest BCUT2D eigenvalue weighted by molar-refractivity contribution is 0.875. The first kappa shape index (κ1) is 13.6. The number of aryl methyl sites for hydroxylation is 2. The summed E-state index contributed by atoms with van der Waals surface area (Å²) < 4.78 is 0. The van der Waals surface area contributed by atoms with Crippen LogP contribution in [-0.2, 0) is 0 Å². The second-order valence-electron chi connectivity index (χ2n) is 5.63. The first-order valence-electron chi connectivity index (χ1n) is 7.31. The van der Waals surface area contributed by atoms with Crippen molar-refractivity contribution < 1.29 is 0 Å². The highest BCUT2D eigenvalue weighted by Crippen LogP contribution is 2.27. The fourth-order valence-corrected chi connectivity index (χ4v) is 2.87. The van der Waals surface area contributed by atoms with E-state index in [-0.39, 0.29) is 6.04 Å². The number of fused-ring (bicyclic) bond motifs is 1. The van der Waals surface area contributed by atoms with E-state index in [0.29, 0.717) is 0 Å². The third kappa shape index (κ3) is 2.75. The van der Waals surface area contributed by atoms with Crippen LogP contribution in [0.1, 0.15) is 29.7 Å². The third-order valence-corrected chi connectivity index (χ3v) is 3.94. The Morgan fingerprint density at radius 1 is 1.05 bits per heavy atom. The van der Waals surface area contributed by atoms with Gasteiger partial charge in [0.15, 0.2) is 0 Å². The molecular formula is C19H20N2. The monoisotopic (exact) mass is 276 g/mol. The van der Waals surface area contributed by atoms with Gasteiger partial charge in [0.25, 0.3) is 0 Å². The number of pyridine rings is 1. The molecule has 0 saturated heterocycles. The van der Waals surface area contributed by atoms with Crippen LogP contribution in [0, 0.1) is 13.8 Å². The molecule has 1 heterocycles. The van der Waals surface area contributed by atoms with Crippen molar-refractivity contribution in [3.8, 4) is 0 Å². The van der Waals surface area contributed by atoms with E-state index >= 15 is 0 Å². The fourth-order valence-electron chi connectivity index (χ4n) is 2.87. The zero-order valence-corrected chi connectivity index (χ0v) is 12.7. The summed E-state index contributed by atoms with van der Waals surface area (Å²) in [5, 5.41) is 6.01. The molecule has 0 bridgehead atoms. The summed E-state index contributed by atoms with van der Waals surface area (Å²) >= 11 is 0. The summed E-state index contributed by atoms with van der Waals surface area (Å²) in [4.78, 5) is 4.19. The predicted octanol–water partition coefficient (Wildman–Crippen LogP) is 5.02. The molecule has 106 valence electrons. The van der Waals surface area contributed by atoms with Gasteiger partial charge in [-0.05, 0) is 44.0 Å². The van der Waals surface area contributed by atoms with Crippen LogP contribution in [0.4, 0.5) is 5.69 Å². The quantitative estimate of drug-likeness (QED) is 0.726. The molecule has 1 N–H and O–H groups in total. The summed E-state index contributed by atoms with van der Waals surface area (Å²) in [6, 6.07) is 15.2. The van der Waals surface area contributed by atoms with Gasteiger partial charge in [0.2, 0.25) is 0 Å². The van der Waals surface area contributed by atoms with Crippen molar-refractivity contribution in [2.45, 2.75) is 26.8 Å². The normalized spacial score (nSPS) is 12.3. The Labute approximate surface area is 125 Å². The third-order valence-electron chi connectivity index (χ3n) is 3.94. The van der Waals surface area contributed by atoms with E-state index in [1.54, 1.807) is 0 Å². The summed E-state index contributed by atoms with van der Waals surface area (Å²) in [6.45, 7) is 6.51. The highest BCUT2D eigenvalue weighted by atomic mass is 14.9. The lowest BCUT2D eigenvalue weighted by atomic mass is 9.99. The lowest BCUT2D eigenvalue weighted by Crippen LogP contribution is -2.08. The van der Waals surface area contributed by atoms with Crippen LogP contribution in [0.15, 0.2) is 54.9 Å². The maximum atomic E-state index is 4.19. The standard InChI is InChI=1S/C19H20N2/c1-13-7-8-17(14(2)11-13)15(3)21-19-6-4-5-16-12-20-10-9-18(16)19/h4-12,15,21H,1-3H3. The minimum atomic E-state index is 0.268. The van der Waals surface area contributed by atoms with E-state index in [2.05, 4.69) is 73.5 Å². The Hall–Kier alpha value is -2.35. The number of anilines is 1. The molecule has 0 spiro atoms. The Kier molecular flexibility index (Phi) is 3.61. The van der Waals surface area contributed by atoms with E-state index in [4.69, 9.17) is 0 Å². The summed E-state index contributed by atoms with van der Waals surface area (Å²) in [6.07, 6.45) is 3.75. The van der Waals surface area contributed by atoms with Crippen molar-refractivity contribution in [3.63, 3.8) is 0 Å². The van der Waals surface area contributed by atoms with Gasteiger partial charge in [0, 0.05) is 34.9 Å². The molecule has 0 amide bonds. The van der Waals surface area contributed by atoms with E-state index in [1.807, 2.05) is 12.4 Å². The minimum absolute atomic E-state index is 0.268. The Balaban J connectivity index is 1.94. The van der Waals surface area contributed by atoms with Crippen molar-refractivity contribution in [3.05, 3.63) is 71.5 Å². The Morgan fingerprint density at radius 2 is 1.90 bits per heavy atom. The molecule has 0 aliphatic rings. The number of nitrogens with zero attached hydrogens (tertiary/aromatic N) is 1. The molecular weight excluding hydrogens is 256 g/mol. The predicted molar refractivity (Wildman–Crippen MR) is 89.7 cm³/mol. The summed E-state index contributed by atoms with van der Waals surface area (Å²) in [5.41, 5.74) is 5.13. The van der Waals surface area contributed by atoms with Gasteiger partial charge in [-0.1, -0.05) is 35.9 Å². The van der Waals surface area contributed by atoms with Crippen LogP contribution >= 0.6 is 0 Å². The molecule has 3 aromatic rings. The number of benzene rings is 2. The van der Waals surface area contributed by atoms with E-state index in [9.17, 15) is 0 Å². The van der Waals surface area contributed by atoms with Crippen LogP contribution < -0.4 is 5.32 Å². The van der Waals surface area contributed by atoms with E-state index < -0.39 is 0 Å². The molecule has 21 heavy (non-hydrogen) atoms. The number of hydrogen-bond donors (Lipinski definition) is 1. The van der Waals surface area contributed by atoms with Crippen molar-refractivity contribution in [1.29, 1.82) is 0 Å². The summed E-state index contributed by atoms with van der Waals surface area (Å²) in [7, 11) is 0. The van der Waals surface area contributed by atoms with Crippen LogP contribution in [0.2, 0.25) is 0 Å². The van der Waals surface area contributed by atoms with Gasteiger partial charge in [0.05, 0.1) is 0 Å². The largest absolute Gasteiger partial charge is 0.378 e. The van der Waals surface area contributed by atoms with Crippen LogP contribution in [-0.4, -0.2) is 4.98 Å². The van der Waals surface area contributed by atoms with Crippen molar-refractivity contribution in [2.24, 2.45) is 0 Å². The van der Waals surface area contributed by atoms with Crippen molar-refractivity contribution >= 4 is 16.5 Å². The minimum Gasteiger partial charge on any atom is -0.378 e. The molecule has 2 aromatic carbocycles. The average molecular weight is 276 g/mol. The van der Waals surface area contributed by atoms with Gasteiger partial charge >= 0.3 is 0 Å². The number of rotatable bonds is 3. The highest BCUT2D eigenvalue weighted by molar-refractivity contribution is 5.93. The molecule has 0 saturated carbocycles. The zero-order valence-electron chi connectivity index (χ0n) is 12.7. The Morgan fingerprint density at radius 3 is 2.71 bits per heavy atom. The summed E-state index contributed by atoms with van der Waals surface area (Å²) in [5.74, 6) is 0. The molecule has 2 heteroatoms. The number of aromatic nitrogens is 1. The van der Waals surface area contributed by atoms with E-state index in [1.165, 1.54) is 22.1 Å². The lowest BCUT2D eigenvalue weighted by Gasteiger charge is -2.19. The van der Waals surface area contributed by atoms with Gasteiger partial charge in [-0.25, -0.2) is 0 Å². The molecule has 1 atom stereocenters. The maximum Gasteiger partial charge on any atom is 0.0488 e. The molecule has 1 unspecified atom stereocenters. The second kappa shape index (κ2) is 5.57. The molecule has 1 aromatic heterocycles. The van der Waals surface area contributed by atoms with Gasteiger partial charge < -0.3 is 5.32 Å². The maximum absolute atomic E-state index is 4.19. The first-order chi connectivity index (χ1) is 10.1. The highest BCUT2D eigenvalue weighted by Gasteiger charge is 2.10. The average Bonchev–Trinajstić information content (AvgIpc) is 2.47. The number of hydrogen-bond acceptors (Lipinski definition) is 2. The first-order valence-corrected chi connectivity index (χ1v) is 7.31. The zero-order chi connectivity index (χ0) is 14.8.